The number of rotatable bonds is 3. The highest BCUT2D eigenvalue weighted by molar-refractivity contribution is 5.33. The summed E-state index contributed by atoms with van der Waals surface area (Å²) in [7, 11) is 0. The number of nitrogens with zero attached hydrogens (tertiary/aromatic N) is 1. The van der Waals surface area contributed by atoms with Gasteiger partial charge in [0.05, 0.1) is 11.9 Å². The van der Waals surface area contributed by atoms with Crippen molar-refractivity contribution in [3.63, 3.8) is 0 Å². The molecule has 3 nitrogen and oxygen atoms in total. The van der Waals surface area contributed by atoms with Crippen molar-refractivity contribution >= 4 is 0 Å². The van der Waals surface area contributed by atoms with Gasteiger partial charge >= 0.3 is 0 Å². The molecule has 2 rings (SSSR count). The molecule has 1 aromatic heterocycles. The molecule has 1 heterocycles. The molecule has 0 radical (unpaired) electrons. The monoisotopic (exact) mass is 246 g/mol. The number of pyridine rings is 1. The Hall–Kier alpha value is -1.94. The lowest BCUT2D eigenvalue weighted by molar-refractivity contribution is 0.473. The van der Waals surface area contributed by atoms with Gasteiger partial charge in [0.2, 0.25) is 0 Å². The van der Waals surface area contributed by atoms with E-state index in [1.54, 1.807) is 37.4 Å². The lowest BCUT2D eigenvalue weighted by Crippen LogP contribution is -2.06. The van der Waals surface area contributed by atoms with Crippen molar-refractivity contribution < 1.29 is 9.13 Å². The van der Waals surface area contributed by atoms with Gasteiger partial charge in [-0.3, -0.25) is 4.98 Å². The van der Waals surface area contributed by atoms with E-state index in [2.05, 4.69) is 4.98 Å². The third-order valence-electron chi connectivity index (χ3n) is 2.60. The highest BCUT2D eigenvalue weighted by atomic mass is 19.1. The average Bonchev–Trinajstić information content (AvgIpc) is 2.34. The molecule has 0 saturated carbocycles. The van der Waals surface area contributed by atoms with Crippen LogP contribution < -0.4 is 10.5 Å². The molecule has 0 spiro atoms. The molecular weight excluding hydrogens is 231 g/mol. The molecule has 18 heavy (non-hydrogen) atoms. The van der Waals surface area contributed by atoms with Gasteiger partial charge in [-0.25, -0.2) is 4.39 Å². The van der Waals surface area contributed by atoms with Crippen LogP contribution in [-0.2, 0) is 0 Å². The molecule has 0 saturated heterocycles. The SMILES string of the molecule is Cc1ccc(Oc2ccc(C(C)N)nc2)cc1F. The van der Waals surface area contributed by atoms with E-state index in [0.717, 1.165) is 5.69 Å². The number of aromatic nitrogens is 1. The maximum atomic E-state index is 13.3. The zero-order valence-electron chi connectivity index (χ0n) is 10.4. The summed E-state index contributed by atoms with van der Waals surface area (Å²) in [5.41, 5.74) is 7.08. The Balaban J connectivity index is 2.15. The quantitative estimate of drug-likeness (QED) is 0.903. The van der Waals surface area contributed by atoms with Gasteiger partial charge in [0.25, 0.3) is 0 Å². The molecule has 0 aliphatic rings. The first-order chi connectivity index (χ1) is 8.56. The van der Waals surface area contributed by atoms with Crippen LogP contribution in [0, 0.1) is 12.7 Å². The highest BCUT2D eigenvalue weighted by Gasteiger charge is 2.04. The number of ether oxygens (including phenoxy) is 1. The van der Waals surface area contributed by atoms with E-state index in [4.69, 9.17) is 10.5 Å². The van der Waals surface area contributed by atoms with Gasteiger partial charge in [-0.1, -0.05) is 6.07 Å². The van der Waals surface area contributed by atoms with Crippen LogP contribution >= 0.6 is 0 Å². The Morgan fingerprint density at radius 3 is 2.50 bits per heavy atom. The average molecular weight is 246 g/mol. The Labute approximate surface area is 105 Å². The standard InChI is InChI=1S/C14H15FN2O/c1-9-3-4-11(7-13(9)15)18-12-5-6-14(10(2)16)17-8-12/h3-8,10H,16H2,1-2H3. The van der Waals surface area contributed by atoms with E-state index in [-0.39, 0.29) is 11.9 Å². The van der Waals surface area contributed by atoms with E-state index in [1.165, 1.54) is 6.07 Å². The minimum Gasteiger partial charge on any atom is -0.456 e. The third-order valence-corrected chi connectivity index (χ3v) is 2.60. The fourth-order valence-corrected chi connectivity index (χ4v) is 1.49. The van der Waals surface area contributed by atoms with E-state index in [1.807, 2.05) is 6.92 Å². The molecule has 0 fully saturated rings. The van der Waals surface area contributed by atoms with E-state index in [9.17, 15) is 4.39 Å². The van der Waals surface area contributed by atoms with Crippen LogP contribution in [0.3, 0.4) is 0 Å². The Morgan fingerprint density at radius 1 is 1.22 bits per heavy atom. The molecule has 0 aliphatic carbocycles. The second-order valence-electron chi connectivity index (χ2n) is 4.22. The molecule has 1 aromatic carbocycles. The lowest BCUT2D eigenvalue weighted by Gasteiger charge is -2.08. The van der Waals surface area contributed by atoms with Crippen molar-refractivity contribution in [1.29, 1.82) is 0 Å². The van der Waals surface area contributed by atoms with Gasteiger partial charge in [0.1, 0.15) is 17.3 Å². The Bertz CT molecular complexity index is 538. The summed E-state index contributed by atoms with van der Waals surface area (Å²) < 4.78 is 18.8. The molecule has 0 bridgehead atoms. The smallest absolute Gasteiger partial charge is 0.145 e. The van der Waals surface area contributed by atoms with Crippen LogP contribution in [0.4, 0.5) is 4.39 Å². The summed E-state index contributed by atoms with van der Waals surface area (Å²) in [6, 6.07) is 8.20. The van der Waals surface area contributed by atoms with Crippen molar-refractivity contribution in [3.05, 3.63) is 53.6 Å². The molecule has 2 N–H and O–H groups in total. The molecule has 0 amide bonds. The summed E-state index contributed by atoms with van der Waals surface area (Å²) in [4.78, 5) is 4.17. The Morgan fingerprint density at radius 2 is 1.94 bits per heavy atom. The number of hydrogen-bond donors (Lipinski definition) is 1. The van der Waals surface area contributed by atoms with Crippen molar-refractivity contribution in [2.24, 2.45) is 5.73 Å². The number of halogens is 1. The molecular formula is C14H15FN2O. The zero-order chi connectivity index (χ0) is 13.1. The van der Waals surface area contributed by atoms with Crippen LogP contribution in [0.1, 0.15) is 24.2 Å². The maximum Gasteiger partial charge on any atom is 0.145 e. The van der Waals surface area contributed by atoms with Crippen LogP contribution in [-0.4, -0.2) is 4.98 Å². The van der Waals surface area contributed by atoms with Gasteiger partial charge in [-0.05, 0) is 37.6 Å². The predicted octanol–water partition coefficient (Wildman–Crippen LogP) is 3.34. The van der Waals surface area contributed by atoms with E-state index < -0.39 is 0 Å². The summed E-state index contributed by atoms with van der Waals surface area (Å²) >= 11 is 0. The van der Waals surface area contributed by atoms with Gasteiger partial charge < -0.3 is 10.5 Å². The van der Waals surface area contributed by atoms with Crippen LogP contribution in [0.15, 0.2) is 36.5 Å². The first-order valence-electron chi connectivity index (χ1n) is 5.72. The molecule has 1 atom stereocenters. The maximum absolute atomic E-state index is 13.3. The summed E-state index contributed by atoms with van der Waals surface area (Å²) in [5, 5.41) is 0. The Kier molecular flexibility index (Phi) is 3.58. The summed E-state index contributed by atoms with van der Waals surface area (Å²) in [6.07, 6.45) is 1.58. The summed E-state index contributed by atoms with van der Waals surface area (Å²) in [5.74, 6) is 0.726. The molecule has 0 aliphatic heterocycles. The van der Waals surface area contributed by atoms with Crippen molar-refractivity contribution in [3.8, 4) is 11.5 Å². The largest absolute Gasteiger partial charge is 0.456 e. The highest BCUT2D eigenvalue weighted by Crippen LogP contribution is 2.23. The normalized spacial score (nSPS) is 12.2. The van der Waals surface area contributed by atoms with Crippen molar-refractivity contribution in [2.75, 3.05) is 0 Å². The fourth-order valence-electron chi connectivity index (χ4n) is 1.49. The third kappa shape index (κ3) is 2.84. The number of aryl methyl sites for hydroxylation is 1. The summed E-state index contributed by atoms with van der Waals surface area (Å²) in [6.45, 7) is 3.57. The molecule has 94 valence electrons. The van der Waals surface area contributed by atoms with Crippen molar-refractivity contribution in [1.82, 2.24) is 4.98 Å². The first-order valence-corrected chi connectivity index (χ1v) is 5.72. The van der Waals surface area contributed by atoms with Gasteiger partial charge in [0.15, 0.2) is 0 Å². The van der Waals surface area contributed by atoms with Gasteiger partial charge in [-0.2, -0.15) is 0 Å². The minimum atomic E-state index is -0.285. The first kappa shape index (κ1) is 12.5. The zero-order valence-corrected chi connectivity index (χ0v) is 10.4. The number of nitrogens with two attached hydrogens (primary N) is 1. The minimum absolute atomic E-state index is 0.115. The molecule has 4 heteroatoms. The van der Waals surface area contributed by atoms with Gasteiger partial charge in [-0.15, -0.1) is 0 Å². The van der Waals surface area contributed by atoms with Crippen LogP contribution in [0.25, 0.3) is 0 Å². The van der Waals surface area contributed by atoms with Crippen molar-refractivity contribution in [2.45, 2.75) is 19.9 Å². The number of benzene rings is 1. The predicted molar refractivity (Wildman–Crippen MR) is 68.1 cm³/mol. The molecule has 2 aromatic rings. The van der Waals surface area contributed by atoms with Crippen LogP contribution in [0.5, 0.6) is 11.5 Å². The topological polar surface area (TPSA) is 48.1 Å². The second kappa shape index (κ2) is 5.14. The van der Waals surface area contributed by atoms with E-state index >= 15 is 0 Å². The number of hydrogen-bond acceptors (Lipinski definition) is 3. The second-order valence-corrected chi connectivity index (χ2v) is 4.22. The fraction of sp³-hybridized carbons (Fsp3) is 0.214. The molecule has 1 unspecified atom stereocenters. The van der Waals surface area contributed by atoms with E-state index in [0.29, 0.717) is 17.1 Å². The lowest BCUT2D eigenvalue weighted by atomic mass is 10.2. The van der Waals surface area contributed by atoms with Gasteiger partial charge in [0, 0.05) is 12.1 Å². The van der Waals surface area contributed by atoms with Crippen LogP contribution in [0.2, 0.25) is 0 Å².